The van der Waals surface area contributed by atoms with Gasteiger partial charge in [-0.1, -0.05) is 152 Å². The summed E-state index contributed by atoms with van der Waals surface area (Å²) in [5, 5.41) is 12.8. The van der Waals surface area contributed by atoms with Gasteiger partial charge in [0, 0.05) is 77.2 Å². The van der Waals surface area contributed by atoms with Crippen molar-refractivity contribution in [2.75, 3.05) is 0 Å². The van der Waals surface area contributed by atoms with Gasteiger partial charge in [0.15, 0.2) is 25.5 Å². The van der Waals surface area contributed by atoms with Crippen LogP contribution in [0.2, 0.25) is 0 Å². The highest BCUT2D eigenvalue weighted by Crippen LogP contribution is 2.39. The van der Waals surface area contributed by atoms with Crippen LogP contribution < -0.4 is 20.7 Å². The van der Waals surface area contributed by atoms with Crippen molar-refractivity contribution in [2.45, 2.75) is 0 Å². The molecule has 0 N–H and O–H groups in total. The van der Waals surface area contributed by atoms with Crippen molar-refractivity contribution in [3.8, 4) is 34.2 Å². The monoisotopic (exact) mass is 885 g/mol. The van der Waals surface area contributed by atoms with Crippen LogP contribution in [-0.2, 0) is 0 Å². The van der Waals surface area contributed by atoms with Gasteiger partial charge in [-0.15, -0.1) is 34.0 Å². The molecule has 4 aromatic heterocycles. The first kappa shape index (κ1) is 37.4. The quantitative estimate of drug-likeness (QED) is 0.118. The van der Waals surface area contributed by atoms with Gasteiger partial charge < -0.3 is 0 Å². The number of aromatic nitrogens is 3. The molecule has 0 saturated heterocycles. The van der Waals surface area contributed by atoms with E-state index in [1.807, 2.05) is 34.0 Å². The molecule has 0 spiro atoms. The van der Waals surface area contributed by atoms with E-state index in [9.17, 15) is 0 Å². The first-order chi connectivity index (χ1) is 31.7. The fourth-order valence-corrected chi connectivity index (χ4v) is 17.8. The molecule has 0 aliphatic heterocycles. The summed E-state index contributed by atoms with van der Waals surface area (Å²) in [4.78, 5) is 16.1. The third kappa shape index (κ3) is 6.00. The van der Waals surface area contributed by atoms with Gasteiger partial charge in [-0.3, -0.25) is 0 Å². The molecule has 64 heavy (non-hydrogen) atoms. The SMILES string of the molecule is c1ccc([Si](c2ccccc2)(c2cccc(-c3nc(-c4ccc5sc6ccccc6c5c4)nc(-c4ccc5sc6ccccc6c5c4)n3)c2)c2ccc3sc4ccccc4c3c2)cc1. The Bertz CT molecular complexity index is 3760. The van der Waals surface area contributed by atoms with E-state index in [0.717, 1.165) is 16.7 Å². The maximum Gasteiger partial charge on any atom is 0.179 e. The molecule has 0 atom stereocenters. The minimum atomic E-state index is -2.96. The van der Waals surface area contributed by atoms with Crippen LogP contribution in [0.1, 0.15) is 0 Å². The molecule has 9 aromatic carbocycles. The Labute approximate surface area is 382 Å². The highest BCUT2D eigenvalue weighted by atomic mass is 32.1. The van der Waals surface area contributed by atoms with Gasteiger partial charge in [0.1, 0.15) is 0 Å². The van der Waals surface area contributed by atoms with E-state index in [2.05, 4.69) is 212 Å². The Hall–Kier alpha value is -7.13. The zero-order valence-electron chi connectivity index (χ0n) is 34.3. The van der Waals surface area contributed by atoms with Crippen molar-refractivity contribution in [2.24, 2.45) is 0 Å². The molecule has 3 nitrogen and oxygen atoms in total. The maximum atomic E-state index is 5.38. The van der Waals surface area contributed by atoms with Crippen molar-refractivity contribution in [1.82, 2.24) is 15.0 Å². The second-order valence-corrected chi connectivity index (χ2v) is 23.4. The van der Waals surface area contributed by atoms with Gasteiger partial charge in [0.2, 0.25) is 0 Å². The van der Waals surface area contributed by atoms with E-state index < -0.39 is 8.07 Å². The van der Waals surface area contributed by atoms with Gasteiger partial charge >= 0.3 is 0 Å². The number of fused-ring (bicyclic) bond motifs is 9. The van der Waals surface area contributed by atoms with E-state index in [1.165, 1.54) is 81.3 Å². The number of rotatable bonds is 7. The van der Waals surface area contributed by atoms with Crippen LogP contribution in [0.15, 0.2) is 212 Å². The Morgan fingerprint density at radius 1 is 0.250 bits per heavy atom. The molecule has 4 heterocycles. The van der Waals surface area contributed by atoms with Crippen molar-refractivity contribution in [3.05, 3.63) is 212 Å². The van der Waals surface area contributed by atoms with Gasteiger partial charge in [-0.2, -0.15) is 0 Å². The fraction of sp³-hybridized carbons (Fsp3) is 0. The molecule has 0 fully saturated rings. The molecule has 0 saturated carbocycles. The summed E-state index contributed by atoms with van der Waals surface area (Å²) in [6.07, 6.45) is 0. The molecular formula is C57H35N3S3Si. The molecule has 7 heteroatoms. The number of hydrogen-bond donors (Lipinski definition) is 0. The van der Waals surface area contributed by atoms with E-state index in [0.29, 0.717) is 17.5 Å². The van der Waals surface area contributed by atoms with Crippen LogP contribution >= 0.6 is 34.0 Å². The lowest BCUT2D eigenvalue weighted by Gasteiger charge is -2.34. The standard InChI is InChI=1S/C57H35N3S3Si/c1-3-15-39(16-4-1)64(40-17-5-2-6-18-40,42-28-31-54-48(35-42)45-22-9-12-25-51(45)63-54)41-19-13-14-36(32-41)55-58-56(37-26-29-52-46(33-37)43-20-7-10-23-49(43)61-52)60-57(59-55)38-27-30-53-47(34-38)44-21-8-11-24-50(44)62-53/h1-35H. The lowest BCUT2D eigenvalue weighted by atomic mass is 10.1. The highest BCUT2D eigenvalue weighted by Gasteiger charge is 2.42. The predicted octanol–water partition coefficient (Wildman–Crippen LogP) is 13.4. The molecule has 13 rings (SSSR count). The number of nitrogens with zero attached hydrogens (tertiary/aromatic N) is 3. The van der Waals surface area contributed by atoms with Crippen LogP contribution in [0.3, 0.4) is 0 Å². The second-order valence-electron chi connectivity index (χ2n) is 16.3. The molecule has 13 aromatic rings. The topological polar surface area (TPSA) is 38.7 Å². The van der Waals surface area contributed by atoms with Crippen LogP contribution in [0.5, 0.6) is 0 Å². The number of benzene rings is 9. The van der Waals surface area contributed by atoms with E-state index >= 15 is 0 Å². The molecular weight excluding hydrogens is 851 g/mol. The largest absolute Gasteiger partial charge is 0.208 e. The van der Waals surface area contributed by atoms with Crippen LogP contribution in [0, 0.1) is 0 Å². The molecule has 0 bridgehead atoms. The summed E-state index contributed by atoms with van der Waals surface area (Å²) >= 11 is 5.50. The summed E-state index contributed by atoms with van der Waals surface area (Å²) in [6.45, 7) is 0. The molecule has 0 radical (unpaired) electrons. The second kappa shape index (κ2) is 15.0. The van der Waals surface area contributed by atoms with E-state index in [4.69, 9.17) is 15.0 Å². The third-order valence-electron chi connectivity index (χ3n) is 12.7. The van der Waals surface area contributed by atoms with Crippen LogP contribution in [-0.4, -0.2) is 23.0 Å². The summed E-state index contributed by atoms with van der Waals surface area (Å²) in [5.74, 6) is 1.96. The van der Waals surface area contributed by atoms with Crippen LogP contribution in [0.4, 0.5) is 0 Å². The Morgan fingerprint density at radius 2 is 0.609 bits per heavy atom. The summed E-state index contributed by atoms with van der Waals surface area (Å²) in [7, 11) is -2.96. The first-order valence-corrected chi connectivity index (χ1v) is 25.9. The molecule has 0 unspecified atom stereocenters. The third-order valence-corrected chi connectivity index (χ3v) is 20.9. The lowest BCUT2D eigenvalue weighted by Crippen LogP contribution is -2.74. The minimum Gasteiger partial charge on any atom is -0.208 e. The van der Waals surface area contributed by atoms with Crippen molar-refractivity contribution < 1.29 is 0 Å². The highest BCUT2D eigenvalue weighted by molar-refractivity contribution is 7.27. The zero-order valence-corrected chi connectivity index (χ0v) is 37.7. The maximum absolute atomic E-state index is 5.38. The smallest absolute Gasteiger partial charge is 0.179 e. The lowest BCUT2D eigenvalue weighted by molar-refractivity contribution is 1.08. The van der Waals surface area contributed by atoms with Gasteiger partial charge in [0.05, 0.1) is 0 Å². The molecule has 0 amide bonds. The number of hydrogen-bond acceptors (Lipinski definition) is 6. The molecule has 0 aliphatic carbocycles. The Balaban J connectivity index is 1.05. The number of thiophene rings is 3. The van der Waals surface area contributed by atoms with Gasteiger partial charge in [0.25, 0.3) is 0 Å². The molecule has 300 valence electrons. The normalized spacial score (nSPS) is 12.1. The first-order valence-electron chi connectivity index (χ1n) is 21.4. The van der Waals surface area contributed by atoms with Crippen molar-refractivity contribution in [3.63, 3.8) is 0 Å². The fourth-order valence-electron chi connectivity index (χ4n) is 9.72. The van der Waals surface area contributed by atoms with E-state index in [-0.39, 0.29) is 0 Å². The average Bonchev–Trinajstić information content (AvgIpc) is 4.06. The van der Waals surface area contributed by atoms with Gasteiger partial charge in [-0.25, -0.2) is 15.0 Å². The van der Waals surface area contributed by atoms with Crippen LogP contribution in [0.25, 0.3) is 94.7 Å². The van der Waals surface area contributed by atoms with E-state index in [1.54, 1.807) is 0 Å². The summed E-state index contributed by atoms with van der Waals surface area (Å²) < 4.78 is 7.65. The van der Waals surface area contributed by atoms with Crippen molar-refractivity contribution in [1.29, 1.82) is 0 Å². The Morgan fingerprint density at radius 3 is 1.09 bits per heavy atom. The summed E-state index contributed by atoms with van der Waals surface area (Å²) in [6, 6.07) is 78.0. The molecule has 0 aliphatic rings. The van der Waals surface area contributed by atoms with Gasteiger partial charge in [-0.05, 0) is 81.4 Å². The minimum absolute atomic E-state index is 0.649. The predicted molar refractivity (Wildman–Crippen MR) is 278 cm³/mol. The zero-order chi connectivity index (χ0) is 42.2. The Kier molecular flexibility index (Phi) is 8.77. The van der Waals surface area contributed by atoms with Crippen molar-refractivity contribution >= 4 is 123 Å². The average molecular weight is 886 g/mol. The summed E-state index contributed by atoms with van der Waals surface area (Å²) in [5.41, 5.74) is 2.89.